The van der Waals surface area contributed by atoms with E-state index < -0.39 is 53.1 Å². The summed E-state index contributed by atoms with van der Waals surface area (Å²) >= 11 is 0. The van der Waals surface area contributed by atoms with E-state index in [4.69, 9.17) is 9.47 Å². The van der Waals surface area contributed by atoms with E-state index in [0.717, 1.165) is 27.0 Å². The molecule has 2 rings (SSSR count). The summed E-state index contributed by atoms with van der Waals surface area (Å²) in [6.07, 6.45) is -6.73. The molecule has 1 aromatic carbocycles. The summed E-state index contributed by atoms with van der Waals surface area (Å²) in [5.41, 5.74) is -2.94. The van der Waals surface area contributed by atoms with Crippen molar-refractivity contribution in [3.8, 4) is 5.75 Å². The van der Waals surface area contributed by atoms with Gasteiger partial charge in [-0.25, -0.2) is 9.18 Å². The fourth-order valence-electron chi connectivity index (χ4n) is 3.03. The molecule has 0 bridgehead atoms. The van der Waals surface area contributed by atoms with Gasteiger partial charge in [0, 0.05) is 17.4 Å². The molecule has 0 saturated carbocycles. The lowest BCUT2D eigenvalue weighted by Gasteiger charge is -2.31. The number of rotatable bonds is 3. The van der Waals surface area contributed by atoms with Gasteiger partial charge in [0.2, 0.25) is 5.82 Å². The van der Waals surface area contributed by atoms with Crippen molar-refractivity contribution in [3.63, 3.8) is 0 Å². The second kappa shape index (κ2) is 5.87. The van der Waals surface area contributed by atoms with Gasteiger partial charge in [0.05, 0.1) is 7.11 Å². The first-order valence-electron chi connectivity index (χ1n) is 6.95. The van der Waals surface area contributed by atoms with Gasteiger partial charge in [-0.2, -0.15) is 17.6 Å². The molecule has 0 radical (unpaired) electrons. The zero-order valence-electron chi connectivity index (χ0n) is 12.9. The molecule has 1 aliphatic rings. The van der Waals surface area contributed by atoms with Gasteiger partial charge in [-0.1, -0.05) is 13.0 Å². The van der Waals surface area contributed by atoms with Crippen LogP contribution in [0.25, 0.3) is 0 Å². The molecule has 4 nitrogen and oxygen atoms in total. The monoisotopic (exact) mass is 354 g/mol. The molecular formula is C15H15F5O4. The SMILES string of the molecule is COc1c([C@H]2[C@H](C(=O)O)O[C@@](C)(C(F)(F)F)[C@H]2C)ccc(F)c1F. The lowest BCUT2D eigenvalue weighted by molar-refractivity contribution is -0.273. The Bertz CT molecular complexity index is 660. The second-order valence-electron chi connectivity index (χ2n) is 5.78. The fourth-order valence-corrected chi connectivity index (χ4v) is 3.03. The molecule has 9 heteroatoms. The van der Waals surface area contributed by atoms with E-state index in [1.165, 1.54) is 0 Å². The van der Waals surface area contributed by atoms with Crippen molar-refractivity contribution in [2.24, 2.45) is 5.92 Å². The molecule has 0 spiro atoms. The van der Waals surface area contributed by atoms with Crippen molar-refractivity contribution in [1.82, 2.24) is 0 Å². The number of aliphatic carboxylic acids is 1. The zero-order valence-corrected chi connectivity index (χ0v) is 12.9. The topological polar surface area (TPSA) is 55.8 Å². The van der Waals surface area contributed by atoms with Gasteiger partial charge < -0.3 is 14.6 Å². The van der Waals surface area contributed by atoms with Gasteiger partial charge in [-0.05, 0) is 13.0 Å². The van der Waals surface area contributed by atoms with Crippen molar-refractivity contribution in [1.29, 1.82) is 0 Å². The molecule has 134 valence electrons. The predicted octanol–water partition coefficient (Wildman–Crippen LogP) is 3.50. The molecule has 0 amide bonds. The van der Waals surface area contributed by atoms with Crippen LogP contribution in [0.3, 0.4) is 0 Å². The molecule has 24 heavy (non-hydrogen) atoms. The van der Waals surface area contributed by atoms with E-state index in [-0.39, 0.29) is 5.56 Å². The summed E-state index contributed by atoms with van der Waals surface area (Å²) in [6.45, 7) is 1.89. The minimum atomic E-state index is -4.85. The Morgan fingerprint density at radius 3 is 2.38 bits per heavy atom. The number of carboxylic acids is 1. The Hall–Kier alpha value is -1.90. The lowest BCUT2D eigenvalue weighted by Crippen LogP contribution is -2.47. The summed E-state index contributed by atoms with van der Waals surface area (Å²) in [6, 6.07) is 1.72. The molecular weight excluding hydrogens is 339 g/mol. The van der Waals surface area contributed by atoms with Gasteiger partial charge in [-0.3, -0.25) is 0 Å². The first kappa shape index (κ1) is 18.4. The molecule has 1 fully saturated rings. The number of hydrogen-bond donors (Lipinski definition) is 1. The lowest BCUT2D eigenvalue weighted by atomic mass is 9.77. The third kappa shape index (κ3) is 2.60. The molecule has 0 unspecified atom stereocenters. The molecule has 0 aromatic heterocycles. The Labute approximate surface area is 134 Å². The fraction of sp³-hybridized carbons (Fsp3) is 0.533. The normalized spacial score (nSPS) is 30.4. The van der Waals surface area contributed by atoms with Crippen LogP contribution in [0.5, 0.6) is 5.75 Å². The van der Waals surface area contributed by atoms with Crippen LogP contribution in [0.15, 0.2) is 12.1 Å². The highest BCUT2D eigenvalue weighted by atomic mass is 19.4. The molecule has 4 atom stereocenters. The van der Waals surface area contributed by atoms with Gasteiger partial charge in [0.15, 0.2) is 23.3 Å². The van der Waals surface area contributed by atoms with Crippen LogP contribution in [0.2, 0.25) is 0 Å². The summed E-state index contributed by atoms with van der Waals surface area (Å²) in [5.74, 6) is -7.67. The Morgan fingerprint density at radius 1 is 1.33 bits per heavy atom. The van der Waals surface area contributed by atoms with Gasteiger partial charge in [-0.15, -0.1) is 0 Å². The van der Waals surface area contributed by atoms with Crippen LogP contribution in [-0.4, -0.2) is 36.1 Å². The number of hydrogen-bond acceptors (Lipinski definition) is 3. The standard InChI is InChI=1S/C15H15F5O4/c1-6-9(7-4-5-8(16)10(17)11(7)23-3)12(13(21)22)24-14(6,2)15(18,19)20/h4-6,9,12H,1-3H3,(H,21,22)/t6-,9-,12+,14+/m0/s1. The summed E-state index contributed by atoms with van der Waals surface area (Å²) in [4.78, 5) is 11.4. The Balaban J connectivity index is 2.64. The number of ether oxygens (including phenoxy) is 2. The minimum Gasteiger partial charge on any atom is -0.493 e. The van der Waals surface area contributed by atoms with Gasteiger partial charge >= 0.3 is 12.1 Å². The van der Waals surface area contributed by atoms with Gasteiger partial charge in [0.1, 0.15) is 0 Å². The number of halogens is 5. The number of benzene rings is 1. The summed E-state index contributed by atoms with van der Waals surface area (Å²) in [5, 5.41) is 9.25. The van der Waals surface area contributed by atoms with E-state index in [1.54, 1.807) is 0 Å². The van der Waals surface area contributed by atoms with Gasteiger partial charge in [0.25, 0.3) is 0 Å². The third-order valence-electron chi connectivity index (χ3n) is 4.56. The zero-order chi connectivity index (χ0) is 18.4. The van der Waals surface area contributed by atoms with E-state index in [9.17, 15) is 31.9 Å². The minimum absolute atomic E-state index is 0.190. The average Bonchev–Trinajstić information content (AvgIpc) is 2.75. The van der Waals surface area contributed by atoms with Crippen molar-refractivity contribution in [2.45, 2.75) is 37.6 Å². The number of carboxylic acid groups (broad SMARTS) is 1. The highest BCUT2D eigenvalue weighted by Crippen LogP contribution is 2.54. The first-order chi connectivity index (χ1) is 11.0. The maximum Gasteiger partial charge on any atom is 0.417 e. The first-order valence-corrected chi connectivity index (χ1v) is 6.95. The maximum atomic E-state index is 13.9. The van der Waals surface area contributed by atoms with E-state index in [2.05, 4.69) is 0 Å². The highest BCUT2D eigenvalue weighted by Gasteiger charge is 2.66. The van der Waals surface area contributed by atoms with Crippen LogP contribution < -0.4 is 4.74 Å². The number of alkyl halides is 3. The number of carbonyl (C=O) groups is 1. The van der Waals surface area contributed by atoms with Crippen LogP contribution in [0.1, 0.15) is 25.3 Å². The Morgan fingerprint density at radius 2 is 1.92 bits per heavy atom. The summed E-state index contributed by atoms with van der Waals surface area (Å²) in [7, 11) is 1.01. The second-order valence-corrected chi connectivity index (χ2v) is 5.78. The molecule has 1 heterocycles. The Kier molecular flexibility index (Phi) is 4.51. The van der Waals surface area contributed by atoms with E-state index >= 15 is 0 Å². The van der Waals surface area contributed by atoms with Crippen LogP contribution >= 0.6 is 0 Å². The maximum absolute atomic E-state index is 13.9. The smallest absolute Gasteiger partial charge is 0.417 e. The molecule has 1 N–H and O–H groups in total. The van der Waals surface area contributed by atoms with Crippen molar-refractivity contribution in [3.05, 3.63) is 29.3 Å². The number of methoxy groups -OCH3 is 1. The van der Waals surface area contributed by atoms with E-state index in [0.29, 0.717) is 6.07 Å². The predicted molar refractivity (Wildman–Crippen MR) is 71.8 cm³/mol. The largest absolute Gasteiger partial charge is 0.493 e. The molecule has 1 saturated heterocycles. The summed E-state index contributed by atoms with van der Waals surface area (Å²) < 4.78 is 76.9. The van der Waals surface area contributed by atoms with Crippen LogP contribution in [0.4, 0.5) is 22.0 Å². The quantitative estimate of drug-likeness (QED) is 0.845. The van der Waals surface area contributed by atoms with Crippen molar-refractivity contribution >= 4 is 5.97 Å². The van der Waals surface area contributed by atoms with E-state index in [1.807, 2.05) is 0 Å². The molecule has 1 aliphatic heterocycles. The average molecular weight is 354 g/mol. The van der Waals surface area contributed by atoms with Crippen molar-refractivity contribution in [2.75, 3.05) is 7.11 Å². The van der Waals surface area contributed by atoms with Crippen LogP contribution in [-0.2, 0) is 9.53 Å². The third-order valence-corrected chi connectivity index (χ3v) is 4.56. The molecule has 1 aromatic rings. The van der Waals surface area contributed by atoms with Crippen LogP contribution in [0, 0.1) is 17.6 Å². The molecule has 0 aliphatic carbocycles. The highest BCUT2D eigenvalue weighted by molar-refractivity contribution is 5.75. The van der Waals surface area contributed by atoms with Crippen molar-refractivity contribution < 1.29 is 41.3 Å².